The smallest absolute Gasteiger partial charge is 0.184 e. The Bertz CT molecular complexity index is 917. The number of H-pyrrole nitrogens is 1. The van der Waals surface area contributed by atoms with E-state index in [1.165, 1.54) is 16.7 Å². The molecule has 0 aliphatic heterocycles. The predicted molar refractivity (Wildman–Crippen MR) is 75.7 cm³/mol. The first-order chi connectivity index (χ1) is 9.60. The lowest BCUT2D eigenvalue weighted by Crippen LogP contribution is -2.00. The molecule has 98 valence electrons. The molecule has 2 heterocycles. The van der Waals surface area contributed by atoms with Gasteiger partial charge in [0, 0.05) is 5.69 Å². The highest BCUT2D eigenvalue weighted by Gasteiger charge is 2.12. The first-order valence-corrected chi connectivity index (χ1v) is 6.29. The molecular weight excluding hydrogens is 275 g/mol. The van der Waals surface area contributed by atoms with Crippen LogP contribution >= 0.6 is 12.2 Å². The molecule has 0 saturated heterocycles. The van der Waals surface area contributed by atoms with Gasteiger partial charge in [0.25, 0.3) is 0 Å². The van der Waals surface area contributed by atoms with Crippen molar-refractivity contribution in [1.29, 1.82) is 5.26 Å². The van der Waals surface area contributed by atoms with Crippen LogP contribution in [-0.2, 0) is 0 Å². The van der Waals surface area contributed by atoms with Crippen LogP contribution in [0.15, 0.2) is 30.3 Å². The molecule has 0 unspecified atom stereocenters. The molecule has 0 fully saturated rings. The number of hydrogen-bond acceptors (Lipinski definition) is 3. The number of imidazole rings is 1. The van der Waals surface area contributed by atoms with Gasteiger partial charge in [-0.3, -0.25) is 4.57 Å². The lowest BCUT2D eigenvalue weighted by Gasteiger charge is -2.06. The normalized spacial score (nSPS) is 10.7. The zero-order chi connectivity index (χ0) is 14.3. The molecule has 3 rings (SSSR count). The Hall–Kier alpha value is -2.52. The summed E-state index contributed by atoms with van der Waals surface area (Å²) in [6.45, 7) is 1.86. The molecule has 0 saturated carbocycles. The Morgan fingerprint density at radius 3 is 2.85 bits per heavy atom. The monoisotopic (exact) mass is 284 g/mol. The molecular formula is C14H9FN4S. The third kappa shape index (κ3) is 1.89. The molecule has 0 amide bonds. The predicted octanol–water partition coefficient (Wildman–Crippen LogP) is 3.40. The number of benzene rings is 1. The number of aromatic amines is 1. The number of nitriles is 1. The maximum atomic E-state index is 14.1. The second-order valence-electron chi connectivity index (χ2n) is 4.37. The Morgan fingerprint density at radius 2 is 2.15 bits per heavy atom. The standard InChI is InChI=1S/C14H9FN4S/c1-8-2-4-11-13(17-8)19(14(20)18-11)12-5-3-9(7-16)6-10(12)15/h2-6H,1H3,(H,18,20). The molecule has 0 bridgehead atoms. The summed E-state index contributed by atoms with van der Waals surface area (Å²) < 4.78 is 16.0. The largest absolute Gasteiger partial charge is 0.329 e. The van der Waals surface area contributed by atoms with E-state index >= 15 is 0 Å². The third-order valence-electron chi connectivity index (χ3n) is 2.99. The van der Waals surface area contributed by atoms with Gasteiger partial charge in [-0.25, -0.2) is 9.37 Å². The number of hydrogen-bond donors (Lipinski definition) is 1. The summed E-state index contributed by atoms with van der Waals surface area (Å²) in [5.41, 5.74) is 2.66. The molecule has 3 aromatic rings. The molecule has 0 radical (unpaired) electrons. The van der Waals surface area contributed by atoms with Crippen LogP contribution in [-0.4, -0.2) is 14.5 Å². The molecule has 20 heavy (non-hydrogen) atoms. The Kier molecular flexibility index (Phi) is 2.84. The molecule has 6 heteroatoms. The number of aromatic nitrogens is 3. The van der Waals surface area contributed by atoms with E-state index in [1.54, 1.807) is 6.07 Å². The van der Waals surface area contributed by atoms with E-state index in [1.807, 2.05) is 25.1 Å². The van der Waals surface area contributed by atoms with Crippen molar-refractivity contribution in [3.8, 4) is 11.8 Å². The van der Waals surface area contributed by atoms with Crippen molar-refractivity contribution in [2.45, 2.75) is 6.92 Å². The van der Waals surface area contributed by atoms with Crippen LogP contribution in [0.25, 0.3) is 16.9 Å². The van der Waals surface area contributed by atoms with Gasteiger partial charge >= 0.3 is 0 Å². The van der Waals surface area contributed by atoms with Crippen molar-refractivity contribution in [2.24, 2.45) is 0 Å². The highest BCUT2D eigenvalue weighted by atomic mass is 32.1. The van der Waals surface area contributed by atoms with E-state index in [9.17, 15) is 4.39 Å². The minimum absolute atomic E-state index is 0.266. The molecule has 1 aromatic carbocycles. The maximum absolute atomic E-state index is 14.1. The average Bonchev–Trinajstić information content (AvgIpc) is 2.74. The van der Waals surface area contributed by atoms with E-state index in [0.29, 0.717) is 10.4 Å². The SMILES string of the molecule is Cc1ccc2[nH]c(=S)n(-c3ccc(C#N)cc3F)c2n1. The maximum Gasteiger partial charge on any atom is 0.184 e. The lowest BCUT2D eigenvalue weighted by atomic mass is 10.2. The summed E-state index contributed by atoms with van der Waals surface area (Å²) in [5, 5.41) is 8.78. The first-order valence-electron chi connectivity index (χ1n) is 5.88. The molecule has 0 atom stereocenters. The highest BCUT2D eigenvalue weighted by molar-refractivity contribution is 7.71. The van der Waals surface area contributed by atoms with Gasteiger partial charge in [-0.2, -0.15) is 5.26 Å². The first kappa shape index (κ1) is 12.5. The van der Waals surface area contributed by atoms with Crippen LogP contribution in [0.2, 0.25) is 0 Å². The second kappa shape index (κ2) is 4.54. The van der Waals surface area contributed by atoms with Crippen molar-refractivity contribution in [3.63, 3.8) is 0 Å². The summed E-state index contributed by atoms with van der Waals surface area (Å²) in [4.78, 5) is 7.38. The van der Waals surface area contributed by atoms with E-state index in [4.69, 9.17) is 17.5 Å². The lowest BCUT2D eigenvalue weighted by molar-refractivity contribution is 0.618. The van der Waals surface area contributed by atoms with Crippen molar-refractivity contribution in [2.75, 3.05) is 0 Å². The molecule has 0 aliphatic carbocycles. The summed E-state index contributed by atoms with van der Waals surface area (Å²) in [6, 6.07) is 9.87. The van der Waals surface area contributed by atoms with Gasteiger partial charge in [0.05, 0.1) is 22.8 Å². The van der Waals surface area contributed by atoms with Crippen LogP contribution in [0.3, 0.4) is 0 Å². The summed E-state index contributed by atoms with van der Waals surface area (Å²) in [7, 11) is 0. The third-order valence-corrected chi connectivity index (χ3v) is 3.27. The Balaban J connectivity index is 2.35. The van der Waals surface area contributed by atoms with Gasteiger partial charge in [-0.05, 0) is 49.5 Å². The fraction of sp³-hybridized carbons (Fsp3) is 0.0714. The zero-order valence-electron chi connectivity index (χ0n) is 10.5. The zero-order valence-corrected chi connectivity index (χ0v) is 11.3. The Morgan fingerprint density at radius 1 is 1.35 bits per heavy atom. The Labute approximate surface area is 119 Å². The number of pyridine rings is 1. The van der Waals surface area contributed by atoms with Crippen LogP contribution in [0.4, 0.5) is 4.39 Å². The van der Waals surface area contributed by atoms with Gasteiger partial charge in [-0.15, -0.1) is 0 Å². The fourth-order valence-corrected chi connectivity index (χ4v) is 2.35. The van der Waals surface area contributed by atoms with Gasteiger partial charge in [0.2, 0.25) is 0 Å². The second-order valence-corrected chi connectivity index (χ2v) is 4.75. The number of nitrogens with one attached hydrogen (secondary N) is 1. The van der Waals surface area contributed by atoms with Crippen LogP contribution < -0.4 is 0 Å². The number of fused-ring (bicyclic) bond motifs is 1. The number of nitrogens with zero attached hydrogens (tertiary/aromatic N) is 3. The quantitative estimate of drug-likeness (QED) is 0.697. The van der Waals surface area contributed by atoms with Crippen molar-refractivity contribution < 1.29 is 4.39 Å². The summed E-state index contributed by atoms with van der Waals surface area (Å²) in [5.74, 6) is -0.510. The molecule has 0 aliphatic rings. The van der Waals surface area contributed by atoms with E-state index < -0.39 is 5.82 Å². The van der Waals surface area contributed by atoms with Crippen molar-refractivity contribution >= 4 is 23.4 Å². The average molecular weight is 284 g/mol. The molecule has 1 N–H and O–H groups in total. The fourth-order valence-electron chi connectivity index (χ4n) is 2.06. The minimum atomic E-state index is -0.510. The number of halogens is 1. The van der Waals surface area contributed by atoms with Gasteiger partial charge in [0.1, 0.15) is 5.82 Å². The topological polar surface area (TPSA) is 57.4 Å². The molecule has 2 aromatic heterocycles. The van der Waals surface area contributed by atoms with E-state index in [0.717, 1.165) is 11.2 Å². The van der Waals surface area contributed by atoms with Crippen molar-refractivity contribution in [3.05, 3.63) is 52.2 Å². The molecule has 0 spiro atoms. The highest BCUT2D eigenvalue weighted by Crippen LogP contribution is 2.21. The minimum Gasteiger partial charge on any atom is -0.329 e. The van der Waals surface area contributed by atoms with Crippen LogP contribution in [0.5, 0.6) is 0 Å². The van der Waals surface area contributed by atoms with Gasteiger partial charge in [-0.1, -0.05) is 0 Å². The van der Waals surface area contributed by atoms with E-state index in [2.05, 4.69) is 9.97 Å². The van der Waals surface area contributed by atoms with Gasteiger partial charge < -0.3 is 4.98 Å². The number of aryl methyl sites for hydroxylation is 1. The summed E-state index contributed by atoms with van der Waals surface area (Å²) >= 11 is 5.23. The summed E-state index contributed by atoms with van der Waals surface area (Å²) in [6.07, 6.45) is 0. The van der Waals surface area contributed by atoms with Crippen molar-refractivity contribution in [1.82, 2.24) is 14.5 Å². The van der Waals surface area contributed by atoms with Gasteiger partial charge in [0.15, 0.2) is 10.4 Å². The van der Waals surface area contributed by atoms with E-state index in [-0.39, 0.29) is 11.3 Å². The number of rotatable bonds is 1. The van der Waals surface area contributed by atoms with Crippen LogP contribution in [0.1, 0.15) is 11.3 Å². The van der Waals surface area contributed by atoms with Crippen LogP contribution in [0, 0.1) is 28.8 Å². The molecule has 4 nitrogen and oxygen atoms in total.